The number of fused-ring (bicyclic) bond motifs is 1. The maximum Gasteiger partial charge on any atom is 0.433 e. The summed E-state index contributed by atoms with van der Waals surface area (Å²) < 4.78 is 39.9. The maximum atomic E-state index is 12.9. The molecule has 0 saturated carbocycles. The maximum absolute atomic E-state index is 12.9. The summed E-state index contributed by atoms with van der Waals surface area (Å²) in [6.45, 7) is 1.58. The van der Waals surface area contributed by atoms with Crippen molar-refractivity contribution < 1.29 is 18.3 Å². The molecular formula is C13H12F3N5OS. The molecule has 0 aromatic carbocycles. The molecule has 1 atom stereocenters. The highest BCUT2D eigenvalue weighted by molar-refractivity contribution is 7.08. The summed E-state index contributed by atoms with van der Waals surface area (Å²) in [7, 11) is 0. The molecular weight excluding hydrogens is 331 g/mol. The summed E-state index contributed by atoms with van der Waals surface area (Å²) in [6, 6.07) is 2.59. The van der Waals surface area contributed by atoms with Crippen LogP contribution >= 0.6 is 11.3 Å². The molecule has 0 amide bonds. The zero-order valence-corrected chi connectivity index (χ0v) is 12.7. The van der Waals surface area contributed by atoms with Gasteiger partial charge in [0.15, 0.2) is 5.69 Å². The zero-order valence-electron chi connectivity index (χ0n) is 11.9. The lowest BCUT2D eigenvalue weighted by Gasteiger charge is -2.23. The zero-order chi connectivity index (χ0) is 16.7. The SMILES string of the molecule is CC(O)(CNc1cc(C(F)(F)F)nc2ncnn12)c1ccsc1. The van der Waals surface area contributed by atoms with E-state index in [1.807, 2.05) is 5.38 Å². The molecule has 10 heteroatoms. The summed E-state index contributed by atoms with van der Waals surface area (Å²) in [5.41, 5.74) is -1.64. The molecule has 0 fully saturated rings. The van der Waals surface area contributed by atoms with Gasteiger partial charge in [-0.05, 0) is 29.3 Å². The van der Waals surface area contributed by atoms with Crippen LogP contribution < -0.4 is 5.32 Å². The summed E-state index contributed by atoms with van der Waals surface area (Å²) >= 11 is 1.42. The lowest BCUT2D eigenvalue weighted by molar-refractivity contribution is -0.141. The molecule has 0 aliphatic heterocycles. The van der Waals surface area contributed by atoms with E-state index in [1.165, 1.54) is 11.3 Å². The molecule has 6 nitrogen and oxygen atoms in total. The van der Waals surface area contributed by atoms with Gasteiger partial charge in [-0.1, -0.05) is 0 Å². The van der Waals surface area contributed by atoms with Crippen molar-refractivity contribution in [3.8, 4) is 0 Å². The molecule has 3 aromatic rings. The predicted molar refractivity (Wildman–Crippen MR) is 78.2 cm³/mol. The number of thiophene rings is 1. The van der Waals surface area contributed by atoms with Crippen LogP contribution in [0.4, 0.5) is 19.0 Å². The number of aromatic nitrogens is 4. The molecule has 0 bridgehead atoms. The van der Waals surface area contributed by atoms with Crippen LogP contribution in [-0.4, -0.2) is 31.2 Å². The Kier molecular flexibility index (Phi) is 3.72. The Bertz CT molecular complexity index is 813. The Labute approximate surface area is 132 Å². The smallest absolute Gasteiger partial charge is 0.384 e. The van der Waals surface area contributed by atoms with Gasteiger partial charge >= 0.3 is 6.18 Å². The van der Waals surface area contributed by atoms with Gasteiger partial charge in [0.05, 0.1) is 0 Å². The van der Waals surface area contributed by atoms with E-state index < -0.39 is 17.5 Å². The summed E-state index contributed by atoms with van der Waals surface area (Å²) in [5.74, 6) is -0.118. The van der Waals surface area contributed by atoms with Crippen molar-refractivity contribution >= 4 is 22.9 Å². The highest BCUT2D eigenvalue weighted by Crippen LogP contribution is 2.30. The second kappa shape index (κ2) is 5.46. The molecule has 0 saturated heterocycles. The number of aliphatic hydroxyl groups is 1. The summed E-state index contributed by atoms with van der Waals surface area (Å²) in [4.78, 5) is 7.11. The first-order chi connectivity index (χ1) is 10.8. The minimum Gasteiger partial charge on any atom is -0.384 e. The van der Waals surface area contributed by atoms with E-state index in [0.29, 0.717) is 5.56 Å². The van der Waals surface area contributed by atoms with Crippen molar-refractivity contribution in [3.63, 3.8) is 0 Å². The standard InChI is InChI=1S/C13H12F3N5OS/c1-12(22,8-2-3-23-5-8)6-17-10-4-9(13(14,15)16)20-11-18-7-19-21(10)11/h2-5,7,17,22H,6H2,1H3. The van der Waals surface area contributed by atoms with E-state index >= 15 is 0 Å². The average Bonchev–Trinajstić information content (AvgIpc) is 3.14. The second-order valence-corrected chi connectivity index (χ2v) is 5.92. The fourth-order valence-corrected chi connectivity index (χ4v) is 2.80. The predicted octanol–water partition coefficient (Wildman–Crippen LogP) is 2.52. The van der Waals surface area contributed by atoms with Crippen LogP contribution in [0.5, 0.6) is 0 Å². The Morgan fingerprint density at radius 3 is 2.83 bits per heavy atom. The first-order valence-electron chi connectivity index (χ1n) is 6.54. The van der Waals surface area contributed by atoms with Crippen LogP contribution in [0.3, 0.4) is 0 Å². The van der Waals surface area contributed by atoms with E-state index in [9.17, 15) is 18.3 Å². The first kappa shape index (κ1) is 15.7. The van der Waals surface area contributed by atoms with Crippen LogP contribution in [0.15, 0.2) is 29.2 Å². The molecule has 2 N–H and O–H groups in total. The minimum absolute atomic E-state index is 0.00000378. The monoisotopic (exact) mass is 343 g/mol. The molecule has 0 radical (unpaired) electrons. The number of rotatable bonds is 4. The third kappa shape index (κ3) is 3.13. The Morgan fingerprint density at radius 1 is 1.39 bits per heavy atom. The van der Waals surface area contributed by atoms with Gasteiger partial charge in [0.2, 0.25) is 0 Å². The van der Waals surface area contributed by atoms with Gasteiger partial charge < -0.3 is 10.4 Å². The number of nitrogens with zero attached hydrogens (tertiary/aromatic N) is 4. The number of hydrogen-bond acceptors (Lipinski definition) is 6. The largest absolute Gasteiger partial charge is 0.433 e. The van der Waals surface area contributed by atoms with Gasteiger partial charge in [0, 0.05) is 12.6 Å². The van der Waals surface area contributed by atoms with Crippen LogP contribution in [0.1, 0.15) is 18.2 Å². The van der Waals surface area contributed by atoms with Crippen LogP contribution in [0, 0.1) is 0 Å². The van der Waals surface area contributed by atoms with Crippen LogP contribution in [0.25, 0.3) is 5.78 Å². The molecule has 0 aliphatic carbocycles. The molecule has 1 unspecified atom stereocenters. The molecule has 0 spiro atoms. The normalized spacial score (nSPS) is 14.8. The van der Waals surface area contributed by atoms with Crippen molar-refractivity contribution in [3.05, 3.63) is 40.5 Å². The van der Waals surface area contributed by atoms with Crippen LogP contribution in [0.2, 0.25) is 0 Å². The van der Waals surface area contributed by atoms with Crippen molar-refractivity contribution in [2.24, 2.45) is 0 Å². The van der Waals surface area contributed by atoms with Gasteiger partial charge in [-0.15, -0.1) is 0 Å². The van der Waals surface area contributed by atoms with Crippen molar-refractivity contribution in [1.82, 2.24) is 19.6 Å². The Hall–Kier alpha value is -2.20. The minimum atomic E-state index is -4.60. The molecule has 0 aliphatic rings. The topological polar surface area (TPSA) is 75.3 Å². The second-order valence-electron chi connectivity index (χ2n) is 5.14. The average molecular weight is 343 g/mol. The number of hydrogen-bond donors (Lipinski definition) is 2. The lowest BCUT2D eigenvalue weighted by atomic mass is 9.99. The van der Waals surface area contributed by atoms with Crippen molar-refractivity contribution in [1.29, 1.82) is 0 Å². The van der Waals surface area contributed by atoms with Crippen molar-refractivity contribution in [2.45, 2.75) is 18.7 Å². The highest BCUT2D eigenvalue weighted by Gasteiger charge is 2.34. The van der Waals surface area contributed by atoms with Gasteiger partial charge in [0.25, 0.3) is 5.78 Å². The van der Waals surface area contributed by atoms with Gasteiger partial charge in [0.1, 0.15) is 17.7 Å². The fourth-order valence-electron chi connectivity index (χ4n) is 2.02. The summed E-state index contributed by atoms with van der Waals surface area (Å²) in [6.07, 6.45) is -3.48. The van der Waals surface area contributed by atoms with Crippen LogP contribution in [-0.2, 0) is 11.8 Å². The van der Waals surface area contributed by atoms with Crippen molar-refractivity contribution in [2.75, 3.05) is 11.9 Å². The Balaban J connectivity index is 1.92. The van der Waals surface area contributed by atoms with E-state index in [1.54, 1.807) is 18.4 Å². The van der Waals surface area contributed by atoms with Gasteiger partial charge in [-0.3, -0.25) is 0 Å². The Morgan fingerprint density at radius 2 is 2.17 bits per heavy atom. The summed E-state index contributed by atoms with van der Waals surface area (Å²) in [5, 5.41) is 20.7. The quantitative estimate of drug-likeness (QED) is 0.761. The molecule has 122 valence electrons. The highest BCUT2D eigenvalue weighted by atomic mass is 32.1. The third-order valence-electron chi connectivity index (χ3n) is 3.30. The molecule has 23 heavy (non-hydrogen) atoms. The van der Waals surface area contributed by atoms with E-state index in [0.717, 1.165) is 16.9 Å². The van der Waals surface area contributed by atoms with Gasteiger partial charge in [-0.25, -0.2) is 4.98 Å². The van der Waals surface area contributed by atoms with E-state index in [-0.39, 0.29) is 18.1 Å². The van der Waals surface area contributed by atoms with E-state index in [2.05, 4.69) is 20.4 Å². The number of nitrogens with one attached hydrogen (secondary N) is 1. The first-order valence-corrected chi connectivity index (χ1v) is 7.48. The number of anilines is 1. The number of alkyl halides is 3. The number of halogens is 3. The van der Waals surface area contributed by atoms with E-state index in [4.69, 9.17) is 0 Å². The molecule has 3 rings (SSSR count). The third-order valence-corrected chi connectivity index (χ3v) is 3.98. The fraction of sp³-hybridized carbons (Fsp3) is 0.308. The van der Waals surface area contributed by atoms with Gasteiger partial charge in [-0.2, -0.15) is 39.1 Å². The molecule has 3 heterocycles. The lowest BCUT2D eigenvalue weighted by Crippen LogP contribution is -2.31. The molecule has 3 aromatic heterocycles.